The minimum absolute atomic E-state index is 0.777. The first-order valence-electron chi connectivity index (χ1n) is 6.29. The van der Waals surface area contributed by atoms with Gasteiger partial charge < -0.3 is 10.2 Å². The lowest BCUT2D eigenvalue weighted by Gasteiger charge is -2.23. The van der Waals surface area contributed by atoms with E-state index in [0.717, 1.165) is 43.0 Å². The Balaban J connectivity index is 1.86. The van der Waals surface area contributed by atoms with Crippen molar-refractivity contribution >= 4 is 11.6 Å². The first kappa shape index (κ1) is 12.9. The Bertz CT molecular complexity index is 367. The highest BCUT2D eigenvalue weighted by Crippen LogP contribution is 2.18. The molecule has 0 aromatic heterocycles. The lowest BCUT2D eigenvalue weighted by atomic mass is 9.97. The summed E-state index contributed by atoms with van der Waals surface area (Å²) in [5.74, 6) is 1.57. The average molecular weight is 253 g/mol. The van der Waals surface area contributed by atoms with Crippen LogP contribution in [0.15, 0.2) is 24.3 Å². The summed E-state index contributed by atoms with van der Waals surface area (Å²) in [4.78, 5) is 2.39. The number of hydrogen-bond donors (Lipinski definition) is 1. The fourth-order valence-electron chi connectivity index (χ4n) is 2.52. The van der Waals surface area contributed by atoms with E-state index in [1.54, 1.807) is 0 Å². The van der Waals surface area contributed by atoms with Crippen LogP contribution in [0.1, 0.15) is 12.5 Å². The molecule has 2 nitrogen and oxygen atoms in total. The zero-order valence-electron chi connectivity index (χ0n) is 10.6. The molecule has 2 rings (SSSR count). The van der Waals surface area contributed by atoms with E-state index < -0.39 is 0 Å². The van der Waals surface area contributed by atoms with Gasteiger partial charge in [0, 0.05) is 18.1 Å². The van der Waals surface area contributed by atoms with Gasteiger partial charge in [-0.05, 0) is 49.7 Å². The van der Waals surface area contributed by atoms with Crippen molar-refractivity contribution in [3.05, 3.63) is 34.9 Å². The highest BCUT2D eigenvalue weighted by molar-refractivity contribution is 6.30. The number of rotatable bonds is 4. The second-order valence-corrected chi connectivity index (χ2v) is 5.66. The molecule has 2 atom stereocenters. The standard InChI is InChI=1S/C14H21ClN2/c1-11-7-16-8-13(11)10-17(2)9-12-4-3-5-14(15)6-12/h3-6,11,13,16H,7-10H2,1-2H3. The monoisotopic (exact) mass is 252 g/mol. The molecule has 2 unspecified atom stereocenters. The van der Waals surface area contributed by atoms with Gasteiger partial charge in [0.05, 0.1) is 0 Å². The number of nitrogens with one attached hydrogen (secondary N) is 1. The minimum atomic E-state index is 0.777. The number of hydrogen-bond acceptors (Lipinski definition) is 2. The molecule has 17 heavy (non-hydrogen) atoms. The maximum atomic E-state index is 5.99. The molecule has 0 amide bonds. The van der Waals surface area contributed by atoms with E-state index in [-0.39, 0.29) is 0 Å². The van der Waals surface area contributed by atoms with Crippen LogP contribution in [-0.2, 0) is 6.54 Å². The Morgan fingerprint density at radius 2 is 2.24 bits per heavy atom. The molecule has 0 bridgehead atoms. The summed E-state index contributed by atoms with van der Waals surface area (Å²) < 4.78 is 0. The van der Waals surface area contributed by atoms with Gasteiger partial charge in [0.2, 0.25) is 0 Å². The highest BCUT2D eigenvalue weighted by Gasteiger charge is 2.23. The molecule has 1 N–H and O–H groups in total. The summed E-state index contributed by atoms with van der Waals surface area (Å²) in [7, 11) is 2.19. The summed E-state index contributed by atoms with van der Waals surface area (Å²) in [6.45, 7) is 6.78. The van der Waals surface area contributed by atoms with Crippen LogP contribution in [0.3, 0.4) is 0 Å². The SMILES string of the molecule is CC1CNCC1CN(C)Cc1cccc(Cl)c1. The summed E-state index contributed by atoms with van der Waals surface area (Å²) >= 11 is 5.99. The fourth-order valence-corrected chi connectivity index (χ4v) is 2.73. The van der Waals surface area contributed by atoms with Crippen molar-refractivity contribution in [1.82, 2.24) is 10.2 Å². The molecule has 0 aliphatic carbocycles. The molecule has 0 spiro atoms. The van der Waals surface area contributed by atoms with E-state index in [9.17, 15) is 0 Å². The molecule has 3 heteroatoms. The van der Waals surface area contributed by atoms with Gasteiger partial charge in [-0.2, -0.15) is 0 Å². The summed E-state index contributed by atoms with van der Waals surface area (Å²) in [5.41, 5.74) is 1.29. The van der Waals surface area contributed by atoms with E-state index in [0.29, 0.717) is 0 Å². The van der Waals surface area contributed by atoms with Crippen LogP contribution in [0.4, 0.5) is 0 Å². The van der Waals surface area contributed by atoms with Gasteiger partial charge in [-0.25, -0.2) is 0 Å². The van der Waals surface area contributed by atoms with Crippen LogP contribution >= 0.6 is 11.6 Å². The Morgan fingerprint density at radius 3 is 2.88 bits per heavy atom. The normalized spacial score (nSPS) is 24.5. The predicted octanol–water partition coefficient (Wildman–Crippen LogP) is 2.63. The van der Waals surface area contributed by atoms with Crippen molar-refractivity contribution in [3.63, 3.8) is 0 Å². The van der Waals surface area contributed by atoms with Gasteiger partial charge in [-0.15, -0.1) is 0 Å². The van der Waals surface area contributed by atoms with E-state index in [1.807, 2.05) is 18.2 Å². The van der Waals surface area contributed by atoms with Crippen LogP contribution in [0.25, 0.3) is 0 Å². The van der Waals surface area contributed by atoms with Gasteiger partial charge in [0.25, 0.3) is 0 Å². The number of nitrogens with zero attached hydrogens (tertiary/aromatic N) is 1. The maximum absolute atomic E-state index is 5.99. The zero-order valence-corrected chi connectivity index (χ0v) is 11.4. The third-order valence-corrected chi connectivity index (χ3v) is 3.80. The Morgan fingerprint density at radius 1 is 1.41 bits per heavy atom. The van der Waals surface area contributed by atoms with Crippen molar-refractivity contribution in [3.8, 4) is 0 Å². The number of benzene rings is 1. The minimum Gasteiger partial charge on any atom is -0.316 e. The maximum Gasteiger partial charge on any atom is 0.0409 e. The lowest BCUT2D eigenvalue weighted by molar-refractivity contribution is 0.252. The Hall–Kier alpha value is -0.570. The van der Waals surface area contributed by atoms with Gasteiger partial charge >= 0.3 is 0 Å². The van der Waals surface area contributed by atoms with E-state index in [1.165, 1.54) is 5.56 Å². The molecule has 94 valence electrons. The molecule has 1 fully saturated rings. The summed E-state index contributed by atoms with van der Waals surface area (Å²) in [6.07, 6.45) is 0. The molecule has 0 saturated carbocycles. The van der Waals surface area contributed by atoms with Crippen molar-refractivity contribution < 1.29 is 0 Å². The first-order valence-corrected chi connectivity index (χ1v) is 6.66. The van der Waals surface area contributed by atoms with E-state index in [2.05, 4.69) is 30.3 Å². The van der Waals surface area contributed by atoms with Crippen LogP contribution in [0, 0.1) is 11.8 Å². The molecule has 1 aliphatic heterocycles. The molecule has 1 aromatic rings. The second-order valence-electron chi connectivity index (χ2n) is 5.22. The molecule has 1 aliphatic rings. The van der Waals surface area contributed by atoms with Crippen molar-refractivity contribution in [1.29, 1.82) is 0 Å². The van der Waals surface area contributed by atoms with Crippen LogP contribution < -0.4 is 5.32 Å². The highest BCUT2D eigenvalue weighted by atomic mass is 35.5. The predicted molar refractivity (Wildman–Crippen MR) is 73.3 cm³/mol. The fraction of sp³-hybridized carbons (Fsp3) is 0.571. The van der Waals surface area contributed by atoms with Crippen molar-refractivity contribution in [2.45, 2.75) is 13.5 Å². The first-order chi connectivity index (χ1) is 8.15. The average Bonchev–Trinajstić information content (AvgIpc) is 2.64. The third kappa shape index (κ3) is 3.70. The quantitative estimate of drug-likeness (QED) is 0.886. The molecule has 1 heterocycles. The second kappa shape index (κ2) is 5.85. The smallest absolute Gasteiger partial charge is 0.0409 e. The Kier molecular flexibility index (Phi) is 4.43. The summed E-state index contributed by atoms with van der Waals surface area (Å²) in [6, 6.07) is 8.13. The van der Waals surface area contributed by atoms with Crippen LogP contribution in [0.2, 0.25) is 5.02 Å². The third-order valence-electron chi connectivity index (χ3n) is 3.57. The van der Waals surface area contributed by atoms with E-state index in [4.69, 9.17) is 11.6 Å². The molecular formula is C14H21ClN2. The topological polar surface area (TPSA) is 15.3 Å². The Labute approximate surface area is 109 Å². The van der Waals surface area contributed by atoms with Crippen molar-refractivity contribution in [2.24, 2.45) is 11.8 Å². The molecule has 1 aromatic carbocycles. The van der Waals surface area contributed by atoms with Gasteiger partial charge in [-0.1, -0.05) is 30.7 Å². The van der Waals surface area contributed by atoms with E-state index >= 15 is 0 Å². The lowest BCUT2D eigenvalue weighted by Crippen LogP contribution is -2.28. The summed E-state index contributed by atoms with van der Waals surface area (Å²) in [5, 5.41) is 4.28. The van der Waals surface area contributed by atoms with Crippen molar-refractivity contribution in [2.75, 3.05) is 26.7 Å². The van der Waals surface area contributed by atoms with Crippen LogP contribution in [-0.4, -0.2) is 31.6 Å². The molecule has 1 saturated heterocycles. The van der Waals surface area contributed by atoms with Gasteiger partial charge in [0.15, 0.2) is 0 Å². The number of halogens is 1. The zero-order chi connectivity index (χ0) is 12.3. The largest absolute Gasteiger partial charge is 0.316 e. The molecular weight excluding hydrogens is 232 g/mol. The van der Waals surface area contributed by atoms with Gasteiger partial charge in [0.1, 0.15) is 0 Å². The van der Waals surface area contributed by atoms with Gasteiger partial charge in [-0.3, -0.25) is 0 Å². The van der Waals surface area contributed by atoms with Crippen LogP contribution in [0.5, 0.6) is 0 Å². The molecule has 0 radical (unpaired) electrons.